The molecule has 0 aliphatic rings. The molecule has 8 amide bonds. The van der Waals surface area contributed by atoms with Crippen molar-refractivity contribution in [3.05, 3.63) is 108 Å². The quantitative estimate of drug-likeness (QED) is 0.0479. The van der Waals surface area contributed by atoms with Crippen LogP contribution in [0.5, 0.6) is 0 Å². The smallest absolute Gasteiger partial charge is 0.326 e. The Morgan fingerprint density at radius 2 is 0.736 bits per heavy atom. The van der Waals surface area contributed by atoms with Gasteiger partial charge in [0.2, 0.25) is 47.3 Å². The molecule has 0 radical (unpaired) electrons. The van der Waals surface area contributed by atoms with Gasteiger partial charge in [0.25, 0.3) is 0 Å². The summed E-state index contributed by atoms with van der Waals surface area (Å²) < 4.78 is 0. The highest BCUT2D eigenvalue weighted by Gasteiger charge is 2.32. The number of carboxylic acids is 1. The van der Waals surface area contributed by atoms with E-state index in [0.717, 1.165) is 0 Å². The number of carboxylic acid groups (broad SMARTS) is 1. The van der Waals surface area contributed by atoms with Crippen molar-refractivity contribution in [1.82, 2.24) is 42.5 Å². The molecule has 0 unspecified atom stereocenters. The molecule has 0 spiro atoms. The summed E-state index contributed by atoms with van der Waals surface area (Å²) in [5.74, 6) is -6.69. The first-order valence-electron chi connectivity index (χ1n) is 24.5. The molecule has 0 fully saturated rings. The Labute approximate surface area is 422 Å². The highest BCUT2D eigenvalue weighted by Crippen LogP contribution is 2.12. The van der Waals surface area contributed by atoms with Crippen LogP contribution >= 0.6 is 0 Å². The first kappa shape index (κ1) is 59.2. The van der Waals surface area contributed by atoms with Gasteiger partial charge in [0.05, 0.1) is 12.6 Å². The van der Waals surface area contributed by atoms with Crippen LogP contribution in [0.25, 0.3) is 0 Å². The number of benzene rings is 3. The summed E-state index contributed by atoms with van der Waals surface area (Å²) >= 11 is 0. The lowest BCUT2D eigenvalue weighted by Gasteiger charge is -2.26. The third-order valence-electron chi connectivity index (χ3n) is 11.4. The Hall–Kier alpha value is -7.15. The molecule has 19 heteroatoms. The predicted octanol–water partition coefficient (Wildman–Crippen LogP) is 1.81. The van der Waals surface area contributed by atoms with E-state index in [2.05, 4.69) is 42.5 Å². The highest BCUT2D eigenvalue weighted by atomic mass is 16.4. The average molecular weight is 998 g/mol. The van der Waals surface area contributed by atoms with Crippen LogP contribution in [-0.4, -0.2) is 113 Å². The SMILES string of the molecule is CC(C)C[C@H](NC(=O)[C@H](Cc1ccccc1)NC(=O)[C@H](C)NC(=O)[C@H](Cc1ccccc1)NC(=O)CNC(=O)[C@H](Cc1ccccc1)NC(=O)[C@H](C)NC(=O)[C@H](CC(C)C)NC(=O)[C@@H](N)CC(C)C)C(=O)O. The van der Waals surface area contributed by atoms with Gasteiger partial charge in [0.1, 0.15) is 42.3 Å². The van der Waals surface area contributed by atoms with E-state index in [1.165, 1.54) is 13.8 Å². The Morgan fingerprint density at radius 1 is 0.403 bits per heavy atom. The molecule has 0 saturated heterocycles. The first-order valence-corrected chi connectivity index (χ1v) is 24.5. The van der Waals surface area contributed by atoms with Crippen LogP contribution in [0.2, 0.25) is 0 Å². The van der Waals surface area contributed by atoms with Crippen LogP contribution in [0.1, 0.15) is 91.3 Å². The number of hydrogen-bond acceptors (Lipinski definition) is 10. The van der Waals surface area contributed by atoms with Gasteiger partial charge >= 0.3 is 5.97 Å². The van der Waals surface area contributed by atoms with Gasteiger partial charge in [-0.2, -0.15) is 0 Å². The zero-order valence-corrected chi connectivity index (χ0v) is 42.7. The Bertz CT molecular complexity index is 2260. The largest absolute Gasteiger partial charge is 0.480 e. The predicted molar refractivity (Wildman–Crippen MR) is 272 cm³/mol. The normalized spacial score (nSPS) is 14.5. The van der Waals surface area contributed by atoms with Crippen LogP contribution in [0.4, 0.5) is 0 Å². The fraction of sp³-hybridized carbons (Fsp3) is 0.491. The third kappa shape index (κ3) is 21.5. The van der Waals surface area contributed by atoms with E-state index in [0.29, 0.717) is 23.1 Å². The zero-order valence-electron chi connectivity index (χ0n) is 42.7. The molecular formula is C53H75N9O10. The van der Waals surface area contributed by atoms with Crippen LogP contribution in [0, 0.1) is 17.8 Å². The lowest BCUT2D eigenvalue weighted by atomic mass is 10.0. The first-order chi connectivity index (χ1) is 34.0. The standard InChI is InChI=1S/C53H75N9O10/c1-31(2)24-39(54)48(66)61-40(25-32(3)4)50(68)56-34(7)46(64)59-41(27-36-18-12-9-13-19-36)49(67)55-30-45(63)58-42(28-37-20-14-10-15-21-37)51(69)57-35(8)47(65)60-43(29-38-22-16-11-17-23-38)52(70)62-44(53(71)72)26-33(5)6/h9-23,31-35,39-44H,24-30,54H2,1-8H3,(H,55,67)(H,56,68)(H,57,69)(H,58,63)(H,59,64)(H,60,65)(H,61,66)(H,62,70)(H,71,72)/t34-,35-,39-,40-,41-,42-,43-,44-/m0/s1. The van der Waals surface area contributed by atoms with E-state index in [-0.39, 0.29) is 49.9 Å². The molecule has 0 bridgehead atoms. The van der Waals surface area contributed by atoms with Crippen molar-refractivity contribution in [3.8, 4) is 0 Å². The number of nitrogens with two attached hydrogens (primary N) is 1. The molecule has 0 aromatic heterocycles. The molecule has 3 aromatic carbocycles. The Morgan fingerprint density at radius 3 is 1.14 bits per heavy atom. The van der Waals surface area contributed by atoms with Gasteiger partial charge in [0.15, 0.2) is 0 Å². The van der Waals surface area contributed by atoms with E-state index in [9.17, 15) is 48.3 Å². The van der Waals surface area contributed by atoms with Gasteiger partial charge in [-0.1, -0.05) is 133 Å². The summed E-state index contributed by atoms with van der Waals surface area (Å²) in [7, 11) is 0. The van der Waals surface area contributed by atoms with Gasteiger partial charge in [-0.25, -0.2) is 4.79 Å². The second-order valence-corrected chi connectivity index (χ2v) is 19.4. The molecule has 19 nitrogen and oxygen atoms in total. The third-order valence-corrected chi connectivity index (χ3v) is 11.4. The minimum absolute atomic E-state index is 0.00226. The molecule has 8 atom stereocenters. The van der Waals surface area contributed by atoms with Gasteiger partial charge in [-0.3, -0.25) is 38.4 Å². The molecule has 0 heterocycles. The molecule has 3 aromatic rings. The Kier molecular flexibility index (Phi) is 24.6. The lowest BCUT2D eigenvalue weighted by Crippen LogP contribution is -2.58. The number of carbonyl (C=O) groups is 9. The fourth-order valence-electron chi connectivity index (χ4n) is 7.63. The molecule has 0 aliphatic carbocycles. The number of hydrogen-bond donors (Lipinski definition) is 10. The summed E-state index contributed by atoms with van der Waals surface area (Å²) in [4.78, 5) is 120. The monoisotopic (exact) mass is 998 g/mol. The zero-order chi connectivity index (χ0) is 53.5. The van der Waals surface area contributed by atoms with Crippen molar-refractivity contribution in [2.45, 2.75) is 142 Å². The van der Waals surface area contributed by atoms with E-state index in [4.69, 9.17) is 5.73 Å². The van der Waals surface area contributed by atoms with Gasteiger partial charge < -0.3 is 53.4 Å². The van der Waals surface area contributed by atoms with Gasteiger partial charge in [-0.05, 0) is 67.6 Å². The topological polar surface area (TPSA) is 296 Å². The number of rotatable bonds is 29. The van der Waals surface area contributed by atoms with Crippen LogP contribution in [0.3, 0.4) is 0 Å². The van der Waals surface area contributed by atoms with Crippen LogP contribution < -0.4 is 48.3 Å². The molecular weight excluding hydrogens is 923 g/mol. The summed E-state index contributed by atoms with van der Waals surface area (Å²) in [5.41, 5.74) is 8.10. The average Bonchev–Trinajstić information content (AvgIpc) is 3.32. The molecule has 72 heavy (non-hydrogen) atoms. The van der Waals surface area contributed by atoms with E-state index >= 15 is 0 Å². The number of carbonyl (C=O) groups excluding carboxylic acids is 8. The summed E-state index contributed by atoms with van der Waals surface area (Å²) in [6.45, 7) is 13.5. The van der Waals surface area contributed by atoms with Gasteiger partial charge in [-0.15, -0.1) is 0 Å². The molecule has 392 valence electrons. The van der Waals surface area contributed by atoms with Crippen molar-refractivity contribution >= 4 is 53.2 Å². The molecule has 0 saturated carbocycles. The maximum Gasteiger partial charge on any atom is 0.326 e. The second-order valence-electron chi connectivity index (χ2n) is 19.4. The maximum atomic E-state index is 13.9. The van der Waals surface area contributed by atoms with E-state index in [1.807, 2.05) is 41.5 Å². The summed E-state index contributed by atoms with van der Waals surface area (Å²) in [6.07, 6.45) is 0.847. The fourth-order valence-corrected chi connectivity index (χ4v) is 7.63. The minimum Gasteiger partial charge on any atom is -0.480 e. The van der Waals surface area contributed by atoms with Gasteiger partial charge in [0, 0.05) is 19.3 Å². The van der Waals surface area contributed by atoms with Crippen molar-refractivity contribution < 1.29 is 48.3 Å². The van der Waals surface area contributed by atoms with Crippen molar-refractivity contribution in [3.63, 3.8) is 0 Å². The number of nitrogens with one attached hydrogen (secondary N) is 8. The molecule has 11 N–H and O–H groups in total. The van der Waals surface area contributed by atoms with Crippen molar-refractivity contribution in [2.75, 3.05) is 6.54 Å². The molecule has 0 aliphatic heterocycles. The van der Waals surface area contributed by atoms with Crippen LogP contribution in [-0.2, 0) is 62.4 Å². The van der Waals surface area contributed by atoms with Crippen molar-refractivity contribution in [2.24, 2.45) is 23.5 Å². The minimum atomic E-state index is -1.26. The lowest BCUT2D eigenvalue weighted by molar-refractivity contribution is -0.142. The summed E-state index contributed by atoms with van der Waals surface area (Å²) in [5, 5.41) is 30.8. The summed E-state index contributed by atoms with van der Waals surface area (Å²) in [6, 6.07) is 17.2. The number of amides is 8. The van der Waals surface area contributed by atoms with Crippen molar-refractivity contribution in [1.29, 1.82) is 0 Å². The maximum absolute atomic E-state index is 13.9. The van der Waals surface area contributed by atoms with Crippen LogP contribution in [0.15, 0.2) is 91.0 Å². The molecule has 3 rings (SSSR count). The van der Waals surface area contributed by atoms with E-state index in [1.54, 1.807) is 91.0 Å². The van der Waals surface area contributed by atoms with E-state index < -0.39 is 108 Å². The Balaban J connectivity index is 1.74. The number of aliphatic carboxylic acids is 1. The highest BCUT2D eigenvalue weighted by molar-refractivity contribution is 5.97. The second kappa shape index (κ2) is 29.9.